The predicted molar refractivity (Wildman–Crippen MR) is 106 cm³/mol. The van der Waals surface area contributed by atoms with E-state index in [1.54, 1.807) is 12.4 Å². The molecule has 1 aliphatic heterocycles. The van der Waals surface area contributed by atoms with Crippen LogP contribution in [0.25, 0.3) is 0 Å². The average molecular weight is 405 g/mol. The third-order valence-corrected chi connectivity index (χ3v) is 5.96. The summed E-state index contributed by atoms with van der Waals surface area (Å²) >= 11 is 0. The van der Waals surface area contributed by atoms with E-state index in [0.717, 1.165) is 50.1 Å². The third kappa shape index (κ3) is 4.38. The second kappa shape index (κ2) is 8.09. The average Bonchev–Trinajstić information content (AvgIpc) is 2.67. The standard InChI is InChI=1S/C18H23N5O4S/c1-3-13-11-17(20-12-19-13)22-9-7-14(8-10-22)21-15-5-4-6-16(28(2,26)27)18(15)23(24)25/h4-6,11-12,14,21H,3,7-10H2,1-2H3. The smallest absolute Gasteiger partial charge is 0.310 e. The summed E-state index contributed by atoms with van der Waals surface area (Å²) in [6, 6.07) is 6.33. The van der Waals surface area contributed by atoms with Gasteiger partial charge in [0.15, 0.2) is 9.84 Å². The van der Waals surface area contributed by atoms with Gasteiger partial charge in [-0.1, -0.05) is 13.0 Å². The van der Waals surface area contributed by atoms with Crippen molar-refractivity contribution in [3.8, 4) is 0 Å². The van der Waals surface area contributed by atoms with Gasteiger partial charge >= 0.3 is 5.69 Å². The molecule has 2 aromatic rings. The van der Waals surface area contributed by atoms with Crippen molar-refractivity contribution >= 4 is 27.0 Å². The molecule has 0 bridgehead atoms. The SMILES string of the molecule is CCc1cc(N2CCC(Nc3cccc(S(C)(=O)=O)c3[N+](=O)[O-])CC2)ncn1. The Morgan fingerprint density at radius 1 is 1.29 bits per heavy atom. The number of sulfone groups is 1. The number of aryl methyl sites for hydroxylation is 1. The van der Waals surface area contributed by atoms with E-state index in [-0.39, 0.29) is 16.6 Å². The van der Waals surface area contributed by atoms with Crippen LogP contribution < -0.4 is 10.2 Å². The van der Waals surface area contributed by atoms with E-state index in [4.69, 9.17) is 0 Å². The van der Waals surface area contributed by atoms with Gasteiger partial charge in [-0.05, 0) is 31.4 Å². The Balaban J connectivity index is 1.74. The van der Waals surface area contributed by atoms with Crippen LogP contribution in [-0.4, -0.2) is 48.7 Å². The van der Waals surface area contributed by atoms with Gasteiger partial charge in [0.05, 0.1) is 4.92 Å². The Morgan fingerprint density at radius 3 is 2.61 bits per heavy atom. The molecular formula is C18H23N5O4S. The lowest BCUT2D eigenvalue weighted by molar-refractivity contribution is -0.386. The van der Waals surface area contributed by atoms with E-state index < -0.39 is 20.4 Å². The first-order valence-corrected chi connectivity index (χ1v) is 11.0. The molecule has 1 aromatic heterocycles. The lowest BCUT2D eigenvalue weighted by Gasteiger charge is -2.33. The van der Waals surface area contributed by atoms with Gasteiger partial charge < -0.3 is 10.2 Å². The van der Waals surface area contributed by atoms with Crippen molar-refractivity contribution in [2.75, 3.05) is 29.6 Å². The van der Waals surface area contributed by atoms with Gasteiger partial charge in [0, 0.05) is 37.1 Å². The zero-order chi connectivity index (χ0) is 20.3. The number of nitrogens with zero attached hydrogens (tertiary/aromatic N) is 4. The van der Waals surface area contributed by atoms with Crippen LogP contribution in [0.4, 0.5) is 17.2 Å². The zero-order valence-corrected chi connectivity index (χ0v) is 16.6. The van der Waals surface area contributed by atoms with Crippen LogP contribution in [0.2, 0.25) is 0 Å². The highest BCUT2D eigenvalue weighted by Gasteiger charge is 2.28. The number of para-hydroxylation sites is 1. The minimum atomic E-state index is -3.70. The Hall–Kier alpha value is -2.75. The molecule has 3 rings (SSSR count). The molecule has 2 heterocycles. The van der Waals surface area contributed by atoms with Gasteiger partial charge in [-0.2, -0.15) is 0 Å². The maximum absolute atomic E-state index is 11.9. The number of benzene rings is 1. The molecule has 0 radical (unpaired) electrons. The number of rotatable bonds is 6. The number of hydrogen-bond donors (Lipinski definition) is 1. The van der Waals surface area contributed by atoms with Crippen LogP contribution in [0.5, 0.6) is 0 Å². The van der Waals surface area contributed by atoms with Crippen LogP contribution in [-0.2, 0) is 16.3 Å². The monoisotopic (exact) mass is 405 g/mol. The third-order valence-electron chi connectivity index (χ3n) is 4.83. The lowest BCUT2D eigenvalue weighted by Crippen LogP contribution is -2.39. The highest BCUT2D eigenvalue weighted by Crippen LogP contribution is 2.33. The Kier molecular flexibility index (Phi) is 5.78. The van der Waals surface area contributed by atoms with Crippen molar-refractivity contribution in [2.45, 2.75) is 37.1 Å². The maximum atomic E-state index is 11.9. The zero-order valence-electron chi connectivity index (χ0n) is 15.8. The normalized spacial score (nSPS) is 15.4. The maximum Gasteiger partial charge on any atom is 0.310 e. The Morgan fingerprint density at radius 2 is 2.00 bits per heavy atom. The van der Waals surface area contributed by atoms with E-state index in [2.05, 4.69) is 20.2 Å². The number of piperidine rings is 1. The largest absolute Gasteiger partial charge is 0.377 e. The van der Waals surface area contributed by atoms with Gasteiger partial charge in [-0.3, -0.25) is 10.1 Å². The summed E-state index contributed by atoms with van der Waals surface area (Å²) in [5.41, 5.74) is 0.830. The number of nitro benzene ring substituents is 1. The summed E-state index contributed by atoms with van der Waals surface area (Å²) in [7, 11) is -3.70. The van der Waals surface area contributed by atoms with Crippen molar-refractivity contribution < 1.29 is 13.3 Å². The summed E-state index contributed by atoms with van der Waals surface area (Å²) in [6.07, 6.45) is 4.90. The first-order chi connectivity index (χ1) is 13.3. The van der Waals surface area contributed by atoms with E-state index in [0.29, 0.717) is 0 Å². The first kappa shape index (κ1) is 20.0. The second-order valence-corrected chi connectivity index (χ2v) is 8.79. The highest BCUT2D eigenvalue weighted by atomic mass is 32.2. The van der Waals surface area contributed by atoms with Gasteiger partial charge in [0.1, 0.15) is 22.7 Å². The van der Waals surface area contributed by atoms with Crippen molar-refractivity contribution in [3.63, 3.8) is 0 Å². The molecule has 10 heteroatoms. The topological polar surface area (TPSA) is 118 Å². The summed E-state index contributed by atoms with van der Waals surface area (Å²) in [4.78, 5) is 21.3. The minimum Gasteiger partial charge on any atom is -0.377 e. The summed E-state index contributed by atoms with van der Waals surface area (Å²) in [5, 5.41) is 14.7. The van der Waals surface area contributed by atoms with Crippen LogP contribution >= 0.6 is 0 Å². The van der Waals surface area contributed by atoms with E-state index in [9.17, 15) is 18.5 Å². The Labute approximate surface area is 163 Å². The quantitative estimate of drug-likeness (QED) is 0.575. The lowest BCUT2D eigenvalue weighted by atomic mass is 10.0. The van der Waals surface area contributed by atoms with Crippen LogP contribution in [0.15, 0.2) is 35.5 Å². The summed E-state index contributed by atoms with van der Waals surface area (Å²) < 4.78 is 23.8. The fourth-order valence-corrected chi connectivity index (χ4v) is 4.21. The predicted octanol–water partition coefficient (Wildman–Crippen LogP) is 2.43. The second-order valence-electron chi connectivity index (χ2n) is 6.81. The van der Waals surface area contributed by atoms with E-state index in [1.165, 1.54) is 12.1 Å². The molecule has 150 valence electrons. The first-order valence-electron chi connectivity index (χ1n) is 9.09. The fraction of sp³-hybridized carbons (Fsp3) is 0.444. The molecule has 1 aliphatic rings. The molecule has 0 spiro atoms. The number of aromatic nitrogens is 2. The molecule has 28 heavy (non-hydrogen) atoms. The van der Waals surface area contributed by atoms with E-state index in [1.807, 2.05) is 13.0 Å². The van der Waals surface area contributed by atoms with Gasteiger partial charge in [0.2, 0.25) is 0 Å². The molecule has 0 saturated carbocycles. The molecule has 0 aliphatic carbocycles. The molecule has 1 aromatic carbocycles. The molecule has 0 amide bonds. The van der Waals surface area contributed by atoms with E-state index >= 15 is 0 Å². The van der Waals surface area contributed by atoms with Crippen LogP contribution in [0.3, 0.4) is 0 Å². The number of nitro groups is 1. The number of hydrogen-bond acceptors (Lipinski definition) is 8. The number of anilines is 2. The van der Waals surface area contributed by atoms with Crippen LogP contribution in [0.1, 0.15) is 25.5 Å². The molecule has 9 nitrogen and oxygen atoms in total. The van der Waals surface area contributed by atoms with Crippen molar-refractivity contribution in [2.24, 2.45) is 0 Å². The molecule has 1 saturated heterocycles. The van der Waals surface area contributed by atoms with Crippen molar-refractivity contribution in [1.29, 1.82) is 0 Å². The van der Waals surface area contributed by atoms with Gasteiger partial charge in [0.25, 0.3) is 0 Å². The fourth-order valence-electron chi connectivity index (χ4n) is 3.35. The molecule has 1 N–H and O–H groups in total. The highest BCUT2D eigenvalue weighted by molar-refractivity contribution is 7.90. The van der Waals surface area contributed by atoms with Crippen molar-refractivity contribution in [1.82, 2.24) is 9.97 Å². The molecule has 0 atom stereocenters. The van der Waals surface area contributed by atoms with Crippen molar-refractivity contribution in [3.05, 3.63) is 46.4 Å². The van der Waals surface area contributed by atoms with Gasteiger partial charge in [-0.15, -0.1) is 0 Å². The molecular weight excluding hydrogens is 382 g/mol. The van der Waals surface area contributed by atoms with Crippen LogP contribution in [0, 0.1) is 10.1 Å². The number of nitrogens with one attached hydrogen (secondary N) is 1. The Bertz CT molecular complexity index is 972. The molecule has 0 unspecified atom stereocenters. The minimum absolute atomic E-state index is 0.0113. The molecule has 1 fully saturated rings. The summed E-state index contributed by atoms with van der Waals surface area (Å²) in [5.74, 6) is 0.885. The summed E-state index contributed by atoms with van der Waals surface area (Å²) in [6.45, 7) is 3.54. The van der Waals surface area contributed by atoms with Gasteiger partial charge in [-0.25, -0.2) is 18.4 Å².